The first-order valence-corrected chi connectivity index (χ1v) is 7.19. The van der Waals surface area contributed by atoms with Crippen LogP contribution < -0.4 is 5.32 Å². The van der Waals surface area contributed by atoms with Gasteiger partial charge in [0.15, 0.2) is 0 Å². The number of phenolic OH excluding ortho intramolecular Hbond substituents is 2. The maximum absolute atomic E-state index is 9.67. The van der Waals surface area contributed by atoms with Gasteiger partial charge in [-0.25, -0.2) is 0 Å². The number of nitrogens with zero attached hydrogens (tertiary/aromatic N) is 1. The number of hydrogen-bond donors (Lipinski definition) is 3. The molecule has 1 aliphatic heterocycles. The fourth-order valence-corrected chi connectivity index (χ4v) is 2.52. The van der Waals surface area contributed by atoms with Crippen molar-refractivity contribution >= 4 is 0 Å². The van der Waals surface area contributed by atoms with E-state index in [0.29, 0.717) is 6.54 Å². The molecule has 0 aromatic heterocycles. The molecule has 1 aromatic carbocycles. The molecule has 0 spiro atoms. The molecule has 1 saturated heterocycles. The Hall–Kier alpha value is -1.26. The Morgan fingerprint density at radius 3 is 2.47 bits per heavy atom. The summed E-state index contributed by atoms with van der Waals surface area (Å²) in [4.78, 5) is 2.51. The standard InChI is InChI=1S/C15H24N2O2/c18-14-6-5-13(15(19)11-14)12-16-7-10-17-8-3-1-2-4-9-17/h5-6,11,16,18-19H,1-4,7-10,12H2. The highest BCUT2D eigenvalue weighted by Crippen LogP contribution is 2.22. The minimum absolute atomic E-state index is 0.103. The van der Waals surface area contributed by atoms with Crippen LogP contribution in [0.2, 0.25) is 0 Å². The maximum Gasteiger partial charge on any atom is 0.123 e. The molecular weight excluding hydrogens is 240 g/mol. The molecule has 1 fully saturated rings. The molecule has 106 valence electrons. The smallest absolute Gasteiger partial charge is 0.123 e. The Labute approximate surface area is 115 Å². The quantitative estimate of drug-likeness (QED) is 0.713. The fourth-order valence-electron chi connectivity index (χ4n) is 2.52. The summed E-state index contributed by atoms with van der Waals surface area (Å²) in [6, 6.07) is 4.74. The van der Waals surface area contributed by atoms with Gasteiger partial charge in [0.2, 0.25) is 0 Å². The van der Waals surface area contributed by atoms with Crippen molar-refractivity contribution in [3.05, 3.63) is 23.8 Å². The molecule has 0 atom stereocenters. The van der Waals surface area contributed by atoms with E-state index in [4.69, 9.17) is 0 Å². The Bertz CT molecular complexity index is 388. The van der Waals surface area contributed by atoms with E-state index in [1.165, 1.54) is 44.8 Å². The molecule has 4 heteroatoms. The second-order valence-electron chi connectivity index (χ2n) is 5.25. The highest BCUT2D eigenvalue weighted by molar-refractivity contribution is 5.38. The molecule has 0 aliphatic carbocycles. The zero-order valence-corrected chi connectivity index (χ0v) is 11.4. The van der Waals surface area contributed by atoms with E-state index in [-0.39, 0.29) is 11.5 Å². The topological polar surface area (TPSA) is 55.7 Å². The zero-order valence-electron chi connectivity index (χ0n) is 11.4. The monoisotopic (exact) mass is 264 g/mol. The number of benzene rings is 1. The summed E-state index contributed by atoms with van der Waals surface area (Å²) >= 11 is 0. The zero-order chi connectivity index (χ0) is 13.5. The lowest BCUT2D eigenvalue weighted by molar-refractivity contribution is 0.284. The highest BCUT2D eigenvalue weighted by Gasteiger charge is 2.08. The number of aromatic hydroxyl groups is 2. The molecule has 1 heterocycles. The average Bonchev–Trinajstić information content (AvgIpc) is 2.65. The summed E-state index contributed by atoms with van der Waals surface area (Å²) in [6.45, 7) is 5.07. The van der Waals surface area contributed by atoms with Gasteiger partial charge in [-0.05, 0) is 32.0 Å². The predicted octanol–water partition coefficient (Wildman–Crippen LogP) is 2.06. The Morgan fingerprint density at radius 2 is 1.79 bits per heavy atom. The first-order valence-electron chi connectivity index (χ1n) is 7.19. The number of phenols is 2. The number of rotatable bonds is 5. The van der Waals surface area contributed by atoms with Crippen LogP contribution in [0.15, 0.2) is 18.2 Å². The molecule has 0 unspecified atom stereocenters. The SMILES string of the molecule is Oc1ccc(CNCCN2CCCCCC2)c(O)c1. The lowest BCUT2D eigenvalue weighted by Crippen LogP contribution is -2.32. The van der Waals surface area contributed by atoms with Crippen molar-refractivity contribution in [3.63, 3.8) is 0 Å². The van der Waals surface area contributed by atoms with Gasteiger partial charge in [-0.3, -0.25) is 0 Å². The van der Waals surface area contributed by atoms with Gasteiger partial charge in [-0.1, -0.05) is 18.9 Å². The Kier molecular flexibility index (Phi) is 5.48. The first kappa shape index (κ1) is 14.2. The largest absolute Gasteiger partial charge is 0.508 e. The first-order chi connectivity index (χ1) is 9.25. The van der Waals surface area contributed by atoms with E-state index in [1.54, 1.807) is 12.1 Å². The van der Waals surface area contributed by atoms with Crippen LogP contribution in [-0.2, 0) is 6.54 Å². The second-order valence-corrected chi connectivity index (χ2v) is 5.25. The van der Waals surface area contributed by atoms with Gasteiger partial charge in [0, 0.05) is 31.3 Å². The van der Waals surface area contributed by atoms with Crippen LogP contribution in [0.4, 0.5) is 0 Å². The second kappa shape index (κ2) is 7.36. The van der Waals surface area contributed by atoms with Crippen molar-refractivity contribution in [2.75, 3.05) is 26.2 Å². The predicted molar refractivity (Wildman–Crippen MR) is 76.4 cm³/mol. The van der Waals surface area contributed by atoms with Gasteiger partial charge < -0.3 is 20.4 Å². The summed E-state index contributed by atoms with van der Waals surface area (Å²) in [5.41, 5.74) is 0.827. The van der Waals surface area contributed by atoms with E-state index in [9.17, 15) is 10.2 Å². The van der Waals surface area contributed by atoms with Gasteiger partial charge in [-0.2, -0.15) is 0 Å². The average molecular weight is 264 g/mol. The van der Waals surface area contributed by atoms with Crippen LogP contribution >= 0.6 is 0 Å². The van der Waals surface area contributed by atoms with Gasteiger partial charge >= 0.3 is 0 Å². The molecule has 1 aromatic rings. The minimum atomic E-state index is 0.103. The summed E-state index contributed by atoms with van der Waals surface area (Å²) in [6.07, 6.45) is 5.37. The van der Waals surface area contributed by atoms with Crippen molar-refractivity contribution < 1.29 is 10.2 Å². The lowest BCUT2D eigenvalue weighted by atomic mass is 10.2. The Morgan fingerprint density at radius 1 is 1.05 bits per heavy atom. The number of likely N-dealkylation sites (tertiary alicyclic amines) is 1. The van der Waals surface area contributed by atoms with E-state index in [2.05, 4.69) is 10.2 Å². The molecule has 1 aliphatic rings. The van der Waals surface area contributed by atoms with Crippen molar-refractivity contribution in [2.45, 2.75) is 32.2 Å². The molecule has 0 bridgehead atoms. The molecule has 4 nitrogen and oxygen atoms in total. The molecule has 2 rings (SSSR count). The van der Waals surface area contributed by atoms with E-state index < -0.39 is 0 Å². The van der Waals surface area contributed by atoms with Crippen LogP contribution in [0.3, 0.4) is 0 Å². The molecule has 19 heavy (non-hydrogen) atoms. The van der Waals surface area contributed by atoms with Crippen LogP contribution in [0, 0.1) is 0 Å². The van der Waals surface area contributed by atoms with Crippen LogP contribution in [0.5, 0.6) is 11.5 Å². The van der Waals surface area contributed by atoms with Gasteiger partial charge in [-0.15, -0.1) is 0 Å². The summed E-state index contributed by atoms with van der Waals surface area (Å²) in [7, 11) is 0. The van der Waals surface area contributed by atoms with Crippen LogP contribution in [0.25, 0.3) is 0 Å². The van der Waals surface area contributed by atoms with Gasteiger partial charge in [0.25, 0.3) is 0 Å². The molecule has 0 amide bonds. The summed E-state index contributed by atoms with van der Waals surface area (Å²) < 4.78 is 0. The van der Waals surface area contributed by atoms with Crippen molar-refractivity contribution in [2.24, 2.45) is 0 Å². The third-order valence-corrected chi connectivity index (χ3v) is 3.69. The number of nitrogens with one attached hydrogen (secondary N) is 1. The van der Waals surface area contributed by atoms with E-state index in [0.717, 1.165) is 18.7 Å². The lowest BCUT2D eigenvalue weighted by Gasteiger charge is -2.19. The van der Waals surface area contributed by atoms with E-state index in [1.807, 2.05) is 0 Å². The molecule has 3 N–H and O–H groups in total. The summed E-state index contributed by atoms with van der Waals surface area (Å²) in [5.74, 6) is 0.257. The fraction of sp³-hybridized carbons (Fsp3) is 0.600. The summed E-state index contributed by atoms with van der Waals surface area (Å²) in [5, 5.41) is 22.2. The third-order valence-electron chi connectivity index (χ3n) is 3.69. The maximum atomic E-state index is 9.67. The van der Waals surface area contributed by atoms with Crippen molar-refractivity contribution in [1.82, 2.24) is 10.2 Å². The molecular formula is C15H24N2O2. The normalized spacial score (nSPS) is 17.3. The molecule has 0 saturated carbocycles. The van der Waals surface area contributed by atoms with E-state index >= 15 is 0 Å². The highest BCUT2D eigenvalue weighted by atomic mass is 16.3. The molecule has 0 radical (unpaired) electrons. The number of hydrogen-bond acceptors (Lipinski definition) is 4. The van der Waals surface area contributed by atoms with Crippen LogP contribution in [0.1, 0.15) is 31.2 Å². The third kappa shape index (κ3) is 4.73. The van der Waals surface area contributed by atoms with Gasteiger partial charge in [0.05, 0.1) is 0 Å². The minimum Gasteiger partial charge on any atom is -0.508 e. The van der Waals surface area contributed by atoms with Crippen molar-refractivity contribution in [3.8, 4) is 11.5 Å². The van der Waals surface area contributed by atoms with Gasteiger partial charge in [0.1, 0.15) is 11.5 Å². The van der Waals surface area contributed by atoms with Crippen molar-refractivity contribution in [1.29, 1.82) is 0 Å². The Balaban J connectivity index is 1.68. The van der Waals surface area contributed by atoms with Crippen LogP contribution in [-0.4, -0.2) is 41.3 Å².